The fourth-order valence-corrected chi connectivity index (χ4v) is 3.34. The van der Waals surface area contributed by atoms with Crippen molar-refractivity contribution < 1.29 is 14.3 Å². The maximum atomic E-state index is 12.9. The molecule has 0 bridgehead atoms. The van der Waals surface area contributed by atoms with Gasteiger partial charge in [-0.05, 0) is 59.5 Å². The summed E-state index contributed by atoms with van der Waals surface area (Å²) in [6.07, 6.45) is 0.822. The van der Waals surface area contributed by atoms with Crippen LogP contribution in [-0.2, 0) is 4.79 Å². The van der Waals surface area contributed by atoms with E-state index in [9.17, 15) is 4.79 Å². The van der Waals surface area contributed by atoms with E-state index in [1.807, 2.05) is 61.5 Å². The summed E-state index contributed by atoms with van der Waals surface area (Å²) in [4.78, 5) is 12.9. The van der Waals surface area contributed by atoms with Crippen LogP contribution >= 0.6 is 0 Å². The van der Waals surface area contributed by atoms with Crippen LogP contribution in [0.5, 0.6) is 11.5 Å². The standard InChI is InChI=1S/C24H27NO3/c1-5-23(17-8-11-21(27-3)12-9-17)25-24(26)16(2)18-6-7-20-15-22(28-4)13-10-19(20)14-18/h6-16,23H,5H2,1-4H3,(H,25,26)/t16-,23?/m0/s1. The van der Waals surface area contributed by atoms with Gasteiger partial charge in [-0.3, -0.25) is 4.79 Å². The van der Waals surface area contributed by atoms with Crippen LogP contribution in [-0.4, -0.2) is 20.1 Å². The number of ether oxygens (including phenoxy) is 2. The van der Waals surface area contributed by atoms with Gasteiger partial charge in [-0.25, -0.2) is 0 Å². The highest BCUT2D eigenvalue weighted by atomic mass is 16.5. The van der Waals surface area contributed by atoms with Gasteiger partial charge in [0, 0.05) is 0 Å². The first-order valence-electron chi connectivity index (χ1n) is 9.57. The molecule has 0 aliphatic heterocycles. The van der Waals surface area contributed by atoms with Gasteiger partial charge in [0.1, 0.15) is 11.5 Å². The summed E-state index contributed by atoms with van der Waals surface area (Å²) in [5.74, 6) is 1.43. The zero-order chi connectivity index (χ0) is 20.1. The predicted molar refractivity (Wildman–Crippen MR) is 113 cm³/mol. The van der Waals surface area contributed by atoms with Crippen molar-refractivity contribution >= 4 is 16.7 Å². The minimum absolute atomic E-state index is 0.0226. The highest BCUT2D eigenvalue weighted by Gasteiger charge is 2.20. The predicted octanol–water partition coefficient (Wildman–Crippen LogP) is 5.23. The Kier molecular flexibility index (Phi) is 6.19. The molecule has 3 aromatic rings. The molecule has 28 heavy (non-hydrogen) atoms. The van der Waals surface area contributed by atoms with Gasteiger partial charge in [0.2, 0.25) is 5.91 Å². The van der Waals surface area contributed by atoms with E-state index in [-0.39, 0.29) is 17.9 Å². The first-order chi connectivity index (χ1) is 13.5. The molecule has 0 saturated heterocycles. The summed E-state index contributed by atoms with van der Waals surface area (Å²) >= 11 is 0. The Hall–Kier alpha value is -3.01. The molecule has 0 aliphatic rings. The van der Waals surface area contributed by atoms with Crippen molar-refractivity contribution in [2.75, 3.05) is 14.2 Å². The van der Waals surface area contributed by atoms with Gasteiger partial charge in [0.25, 0.3) is 0 Å². The molecule has 2 atom stereocenters. The maximum Gasteiger partial charge on any atom is 0.227 e. The molecule has 4 heteroatoms. The number of fused-ring (bicyclic) bond motifs is 1. The molecule has 0 aromatic heterocycles. The minimum atomic E-state index is -0.237. The Bertz CT molecular complexity index is 950. The van der Waals surface area contributed by atoms with E-state index in [0.717, 1.165) is 39.8 Å². The number of methoxy groups -OCH3 is 2. The zero-order valence-corrected chi connectivity index (χ0v) is 16.9. The van der Waals surface area contributed by atoms with Crippen LogP contribution in [0.4, 0.5) is 0 Å². The van der Waals surface area contributed by atoms with Gasteiger partial charge >= 0.3 is 0 Å². The van der Waals surface area contributed by atoms with Gasteiger partial charge in [-0.2, -0.15) is 0 Å². The molecule has 0 saturated carbocycles. The summed E-state index contributed by atoms with van der Waals surface area (Å²) in [7, 11) is 3.31. The molecule has 146 valence electrons. The van der Waals surface area contributed by atoms with Crippen molar-refractivity contribution in [3.8, 4) is 11.5 Å². The summed E-state index contributed by atoms with van der Waals surface area (Å²) in [6.45, 7) is 4.02. The second kappa shape index (κ2) is 8.79. The zero-order valence-electron chi connectivity index (χ0n) is 16.9. The van der Waals surface area contributed by atoms with Crippen LogP contribution in [0.3, 0.4) is 0 Å². The van der Waals surface area contributed by atoms with Crippen molar-refractivity contribution in [3.63, 3.8) is 0 Å². The summed E-state index contributed by atoms with van der Waals surface area (Å²) in [5.41, 5.74) is 2.08. The lowest BCUT2D eigenvalue weighted by Crippen LogP contribution is -2.31. The fourth-order valence-electron chi connectivity index (χ4n) is 3.34. The molecule has 0 spiro atoms. The van der Waals surface area contributed by atoms with E-state index in [1.165, 1.54) is 0 Å². The Labute approximate surface area is 166 Å². The molecular weight excluding hydrogens is 350 g/mol. The van der Waals surface area contributed by atoms with Crippen molar-refractivity contribution in [1.29, 1.82) is 0 Å². The average Bonchev–Trinajstić information content (AvgIpc) is 2.76. The van der Waals surface area contributed by atoms with E-state index < -0.39 is 0 Å². The van der Waals surface area contributed by atoms with E-state index >= 15 is 0 Å². The molecule has 3 rings (SSSR count). The van der Waals surface area contributed by atoms with Crippen molar-refractivity contribution in [2.45, 2.75) is 32.2 Å². The molecule has 0 heterocycles. The van der Waals surface area contributed by atoms with Gasteiger partial charge in [-0.1, -0.05) is 43.3 Å². The Morgan fingerprint density at radius 3 is 2.07 bits per heavy atom. The van der Waals surface area contributed by atoms with E-state index in [0.29, 0.717) is 0 Å². The van der Waals surface area contributed by atoms with Gasteiger partial charge in [-0.15, -0.1) is 0 Å². The van der Waals surface area contributed by atoms with Crippen LogP contribution in [0.1, 0.15) is 43.4 Å². The minimum Gasteiger partial charge on any atom is -0.497 e. The Morgan fingerprint density at radius 2 is 1.43 bits per heavy atom. The van der Waals surface area contributed by atoms with E-state index in [2.05, 4.69) is 18.3 Å². The van der Waals surface area contributed by atoms with Gasteiger partial charge in [0.15, 0.2) is 0 Å². The first-order valence-corrected chi connectivity index (χ1v) is 9.57. The maximum absolute atomic E-state index is 12.9. The SMILES string of the molecule is CCC(NC(=O)[C@@H](C)c1ccc2cc(OC)ccc2c1)c1ccc(OC)cc1. The van der Waals surface area contributed by atoms with Gasteiger partial charge in [0.05, 0.1) is 26.2 Å². The first kappa shape index (κ1) is 19.7. The summed E-state index contributed by atoms with van der Waals surface area (Å²) in [5, 5.41) is 5.38. The molecule has 0 radical (unpaired) electrons. The highest BCUT2D eigenvalue weighted by Crippen LogP contribution is 2.26. The quantitative estimate of drug-likeness (QED) is 0.613. The number of amides is 1. The number of rotatable bonds is 7. The number of hydrogen-bond acceptors (Lipinski definition) is 3. The van der Waals surface area contributed by atoms with Crippen LogP contribution < -0.4 is 14.8 Å². The lowest BCUT2D eigenvalue weighted by atomic mass is 9.96. The topological polar surface area (TPSA) is 47.6 Å². The Balaban J connectivity index is 1.76. The van der Waals surface area contributed by atoms with Crippen LogP contribution in [0.25, 0.3) is 10.8 Å². The molecule has 0 aliphatic carbocycles. The van der Waals surface area contributed by atoms with E-state index in [4.69, 9.17) is 9.47 Å². The summed E-state index contributed by atoms with van der Waals surface area (Å²) in [6, 6.07) is 19.9. The number of carbonyl (C=O) groups excluding carboxylic acids is 1. The average molecular weight is 377 g/mol. The van der Waals surface area contributed by atoms with Crippen LogP contribution in [0.15, 0.2) is 60.7 Å². The molecular formula is C24H27NO3. The lowest BCUT2D eigenvalue weighted by Gasteiger charge is -2.21. The summed E-state index contributed by atoms with van der Waals surface area (Å²) < 4.78 is 10.5. The number of nitrogens with one attached hydrogen (secondary N) is 1. The highest BCUT2D eigenvalue weighted by molar-refractivity contribution is 5.88. The van der Waals surface area contributed by atoms with Crippen molar-refractivity contribution in [3.05, 3.63) is 71.8 Å². The molecule has 4 nitrogen and oxygen atoms in total. The lowest BCUT2D eigenvalue weighted by molar-refractivity contribution is -0.123. The monoisotopic (exact) mass is 377 g/mol. The second-order valence-corrected chi connectivity index (χ2v) is 6.94. The van der Waals surface area contributed by atoms with Crippen molar-refractivity contribution in [1.82, 2.24) is 5.32 Å². The number of benzene rings is 3. The van der Waals surface area contributed by atoms with Crippen LogP contribution in [0, 0.1) is 0 Å². The Morgan fingerprint density at radius 1 is 0.857 bits per heavy atom. The third-order valence-corrected chi connectivity index (χ3v) is 5.21. The number of carbonyl (C=O) groups is 1. The third-order valence-electron chi connectivity index (χ3n) is 5.21. The van der Waals surface area contributed by atoms with E-state index in [1.54, 1.807) is 14.2 Å². The molecule has 3 aromatic carbocycles. The normalized spacial score (nSPS) is 13.0. The third kappa shape index (κ3) is 4.28. The smallest absolute Gasteiger partial charge is 0.227 e. The second-order valence-electron chi connectivity index (χ2n) is 6.94. The molecule has 1 amide bonds. The fraction of sp³-hybridized carbons (Fsp3) is 0.292. The number of hydrogen-bond donors (Lipinski definition) is 1. The van der Waals surface area contributed by atoms with Gasteiger partial charge < -0.3 is 14.8 Å². The van der Waals surface area contributed by atoms with Crippen molar-refractivity contribution in [2.24, 2.45) is 0 Å². The molecule has 1 N–H and O–H groups in total. The molecule has 1 unspecified atom stereocenters. The largest absolute Gasteiger partial charge is 0.497 e. The van der Waals surface area contributed by atoms with Crippen LogP contribution in [0.2, 0.25) is 0 Å². The molecule has 0 fully saturated rings.